The second-order valence-electron chi connectivity index (χ2n) is 8.50. The lowest BCUT2D eigenvalue weighted by atomic mass is 9.88. The Morgan fingerprint density at radius 2 is 1.97 bits per heavy atom. The average Bonchev–Trinajstić information content (AvgIpc) is 3.01. The topological polar surface area (TPSA) is 76.0 Å². The molecule has 1 aromatic rings. The quantitative estimate of drug-likeness (QED) is 0.200. The number of hydrogen-bond donors (Lipinski definition) is 2. The molecule has 1 saturated carbocycles. The number of ether oxygens (including phenoxy) is 2. The monoisotopic (exact) mass is 452 g/mol. The Labute approximate surface area is 191 Å². The molecule has 0 bridgehead atoms. The molecule has 0 aromatic heterocycles. The molecule has 2 rings (SSSR count). The summed E-state index contributed by atoms with van der Waals surface area (Å²) in [5.74, 6) is 0.00622. The van der Waals surface area contributed by atoms with Crippen molar-refractivity contribution < 1.29 is 24.5 Å². The number of benzene rings is 1. The van der Waals surface area contributed by atoms with E-state index in [0.717, 1.165) is 43.2 Å². The number of methoxy groups -OCH3 is 2. The Hall–Kier alpha value is -1.40. The molecule has 0 spiro atoms. The van der Waals surface area contributed by atoms with Crippen LogP contribution in [0.4, 0.5) is 0 Å². The fraction of sp³-hybridized carbons (Fsp3) is 0.640. The SMILES string of the molecule is COCc1cccc(C[C@@H](O)C=C[C@@H]2[C@@H](CCCCCCC(=O)OC)[C@H](Cl)C[C@H]2O)c1. The molecule has 5 nitrogen and oxygen atoms in total. The highest BCUT2D eigenvalue weighted by Gasteiger charge is 2.39. The lowest BCUT2D eigenvalue weighted by Gasteiger charge is -2.21. The zero-order valence-electron chi connectivity index (χ0n) is 18.7. The van der Waals surface area contributed by atoms with Crippen molar-refractivity contribution in [2.24, 2.45) is 11.8 Å². The van der Waals surface area contributed by atoms with E-state index in [0.29, 0.717) is 25.9 Å². The zero-order chi connectivity index (χ0) is 22.6. The van der Waals surface area contributed by atoms with Crippen LogP contribution in [0.5, 0.6) is 0 Å². The molecule has 5 atom stereocenters. The largest absolute Gasteiger partial charge is 0.469 e. The van der Waals surface area contributed by atoms with Gasteiger partial charge < -0.3 is 19.7 Å². The second-order valence-corrected chi connectivity index (χ2v) is 9.06. The van der Waals surface area contributed by atoms with Gasteiger partial charge in [0.05, 0.1) is 25.9 Å². The predicted octanol–water partition coefficient (Wildman–Crippen LogP) is 4.41. The normalized spacial score (nSPS) is 24.5. The standard InChI is InChI=1S/C25H37ClO5/c1-30-17-19-9-7-8-18(14-19)15-20(27)12-13-22-21(23(26)16-24(22)28)10-5-3-4-6-11-25(29)31-2/h7-9,12-14,20-24,27-28H,3-6,10-11,15-17H2,1-2H3/t20-,21+,22+,23+,24+/m0/s1. The molecular weight excluding hydrogens is 416 g/mol. The molecule has 0 heterocycles. The molecule has 1 aliphatic rings. The van der Waals surface area contributed by atoms with Gasteiger partial charge in [0, 0.05) is 31.2 Å². The van der Waals surface area contributed by atoms with E-state index in [-0.39, 0.29) is 23.2 Å². The Morgan fingerprint density at radius 3 is 2.71 bits per heavy atom. The molecule has 0 unspecified atom stereocenters. The minimum Gasteiger partial charge on any atom is -0.469 e. The van der Waals surface area contributed by atoms with Gasteiger partial charge >= 0.3 is 5.97 Å². The summed E-state index contributed by atoms with van der Waals surface area (Å²) in [6, 6.07) is 8.02. The smallest absolute Gasteiger partial charge is 0.305 e. The molecular formula is C25H37ClO5. The van der Waals surface area contributed by atoms with Crippen LogP contribution in [0.3, 0.4) is 0 Å². The Balaban J connectivity index is 1.82. The number of alkyl halides is 1. The summed E-state index contributed by atoms with van der Waals surface area (Å²) in [6.07, 6.45) is 9.05. The minimum atomic E-state index is -0.613. The summed E-state index contributed by atoms with van der Waals surface area (Å²) in [5, 5.41) is 20.9. The summed E-state index contributed by atoms with van der Waals surface area (Å²) in [5.41, 5.74) is 2.14. The van der Waals surface area contributed by atoms with Crippen LogP contribution in [0.2, 0.25) is 0 Å². The average molecular weight is 453 g/mol. The summed E-state index contributed by atoms with van der Waals surface area (Å²) in [7, 11) is 3.08. The molecule has 1 aromatic carbocycles. The van der Waals surface area contributed by atoms with E-state index in [1.165, 1.54) is 7.11 Å². The molecule has 1 aliphatic carbocycles. The van der Waals surface area contributed by atoms with Crippen molar-refractivity contribution >= 4 is 17.6 Å². The van der Waals surface area contributed by atoms with Crippen LogP contribution in [0.15, 0.2) is 36.4 Å². The van der Waals surface area contributed by atoms with Crippen LogP contribution < -0.4 is 0 Å². The van der Waals surface area contributed by atoms with Crippen molar-refractivity contribution in [1.82, 2.24) is 0 Å². The highest BCUT2D eigenvalue weighted by Crippen LogP contribution is 2.40. The highest BCUT2D eigenvalue weighted by atomic mass is 35.5. The van der Waals surface area contributed by atoms with Crippen molar-refractivity contribution in [2.75, 3.05) is 14.2 Å². The molecule has 0 radical (unpaired) electrons. The van der Waals surface area contributed by atoms with Gasteiger partial charge in [-0.25, -0.2) is 0 Å². The number of hydrogen-bond acceptors (Lipinski definition) is 5. The third-order valence-electron chi connectivity index (χ3n) is 6.07. The fourth-order valence-electron chi connectivity index (χ4n) is 4.42. The van der Waals surface area contributed by atoms with Crippen LogP contribution in [-0.2, 0) is 27.3 Å². The van der Waals surface area contributed by atoms with Crippen molar-refractivity contribution in [3.8, 4) is 0 Å². The first-order chi connectivity index (χ1) is 14.9. The first-order valence-corrected chi connectivity index (χ1v) is 11.7. The summed E-state index contributed by atoms with van der Waals surface area (Å²) in [6.45, 7) is 0.551. The summed E-state index contributed by atoms with van der Waals surface area (Å²) < 4.78 is 9.83. The molecule has 0 saturated heterocycles. The van der Waals surface area contributed by atoms with Crippen molar-refractivity contribution in [1.29, 1.82) is 0 Å². The van der Waals surface area contributed by atoms with Gasteiger partial charge in [-0.05, 0) is 36.3 Å². The Bertz CT molecular complexity index is 692. The lowest BCUT2D eigenvalue weighted by molar-refractivity contribution is -0.140. The third kappa shape index (κ3) is 8.93. The molecule has 1 fully saturated rings. The van der Waals surface area contributed by atoms with E-state index in [9.17, 15) is 15.0 Å². The molecule has 31 heavy (non-hydrogen) atoms. The van der Waals surface area contributed by atoms with Gasteiger partial charge in [0.15, 0.2) is 0 Å². The first kappa shape index (κ1) is 25.9. The van der Waals surface area contributed by atoms with Crippen LogP contribution in [0.25, 0.3) is 0 Å². The number of esters is 1. The van der Waals surface area contributed by atoms with E-state index in [1.807, 2.05) is 30.3 Å². The molecule has 2 N–H and O–H groups in total. The molecule has 0 amide bonds. The zero-order valence-corrected chi connectivity index (χ0v) is 19.5. The minimum absolute atomic E-state index is 0.0351. The number of rotatable bonds is 13. The number of carbonyl (C=O) groups is 1. The molecule has 0 aliphatic heterocycles. The number of aliphatic hydroxyl groups excluding tert-OH is 2. The van der Waals surface area contributed by atoms with Gasteiger partial charge in [0.25, 0.3) is 0 Å². The number of unbranched alkanes of at least 4 members (excludes halogenated alkanes) is 3. The maximum absolute atomic E-state index is 11.2. The van der Waals surface area contributed by atoms with Gasteiger partial charge in [-0.15, -0.1) is 11.6 Å². The highest BCUT2D eigenvalue weighted by molar-refractivity contribution is 6.21. The van der Waals surface area contributed by atoms with E-state index >= 15 is 0 Å². The second kappa shape index (κ2) is 13.9. The van der Waals surface area contributed by atoms with E-state index in [2.05, 4.69) is 4.74 Å². The molecule has 174 valence electrons. The van der Waals surface area contributed by atoms with Crippen molar-refractivity contribution in [3.05, 3.63) is 47.5 Å². The van der Waals surface area contributed by atoms with Crippen molar-refractivity contribution in [2.45, 2.75) is 75.6 Å². The van der Waals surface area contributed by atoms with Gasteiger partial charge in [-0.1, -0.05) is 55.7 Å². The Morgan fingerprint density at radius 1 is 1.23 bits per heavy atom. The van der Waals surface area contributed by atoms with Crippen LogP contribution in [0.1, 0.15) is 56.1 Å². The van der Waals surface area contributed by atoms with Crippen LogP contribution in [0, 0.1) is 11.8 Å². The summed E-state index contributed by atoms with van der Waals surface area (Å²) >= 11 is 6.53. The van der Waals surface area contributed by atoms with E-state index < -0.39 is 12.2 Å². The maximum atomic E-state index is 11.2. The fourth-order valence-corrected chi connectivity index (χ4v) is 4.89. The Kier molecular flexibility index (Phi) is 11.6. The van der Waals surface area contributed by atoms with Gasteiger partial charge in [-0.3, -0.25) is 4.79 Å². The number of carbonyl (C=O) groups excluding carboxylic acids is 1. The number of halogens is 1. The van der Waals surface area contributed by atoms with Crippen LogP contribution >= 0.6 is 11.6 Å². The first-order valence-electron chi connectivity index (χ1n) is 11.3. The van der Waals surface area contributed by atoms with Gasteiger partial charge in [-0.2, -0.15) is 0 Å². The lowest BCUT2D eigenvalue weighted by Crippen LogP contribution is -2.19. The number of aliphatic hydroxyl groups is 2. The van der Waals surface area contributed by atoms with E-state index in [1.54, 1.807) is 13.2 Å². The third-order valence-corrected chi connectivity index (χ3v) is 6.57. The van der Waals surface area contributed by atoms with Crippen LogP contribution in [-0.4, -0.2) is 48.0 Å². The summed E-state index contributed by atoms with van der Waals surface area (Å²) in [4.78, 5) is 11.2. The van der Waals surface area contributed by atoms with Crippen molar-refractivity contribution in [3.63, 3.8) is 0 Å². The van der Waals surface area contributed by atoms with Gasteiger partial charge in [0.1, 0.15) is 0 Å². The maximum Gasteiger partial charge on any atom is 0.305 e. The van der Waals surface area contributed by atoms with E-state index in [4.69, 9.17) is 16.3 Å². The van der Waals surface area contributed by atoms with Gasteiger partial charge in [0.2, 0.25) is 0 Å². The molecule has 6 heteroatoms. The predicted molar refractivity (Wildman–Crippen MR) is 123 cm³/mol.